The minimum atomic E-state index is -1.41. The maximum Gasteiger partial charge on any atom is 0.339 e. The zero-order chi connectivity index (χ0) is 58.7. The lowest BCUT2D eigenvalue weighted by molar-refractivity contribution is -0.121. The van der Waals surface area contributed by atoms with Crippen molar-refractivity contribution in [2.75, 3.05) is 39.1 Å². The van der Waals surface area contributed by atoms with Crippen LogP contribution < -0.4 is 29.6 Å². The van der Waals surface area contributed by atoms with Gasteiger partial charge in [-0.2, -0.15) is 0 Å². The van der Waals surface area contributed by atoms with Crippen molar-refractivity contribution in [3.63, 3.8) is 0 Å². The zero-order valence-electron chi connectivity index (χ0n) is 48.2. The second-order valence-electron chi connectivity index (χ2n) is 24.2. The monoisotopic (exact) mass is 1110 g/mol. The van der Waals surface area contributed by atoms with E-state index in [0.717, 1.165) is 67.4 Å². The predicted octanol–water partition coefficient (Wildman–Crippen LogP) is 14.0. The van der Waals surface area contributed by atoms with E-state index in [0.29, 0.717) is 35.2 Å². The normalized spacial score (nSPS) is 24.1. The fraction of sp³-hybridized carbons (Fsp3) is 0.508. The molecule has 434 valence electrons. The lowest BCUT2D eigenvalue weighted by atomic mass is 9.44. The Hall–Kier alpha value is -7.36. The molecule has 9 atom stereocenters. The van der Waals surface area contributed by atoms with Crippen molar-refractivity contribution in [1.82, 2.24) is 0 Å². The minimum absolute atomic E-state index is 0.0209. The van der Waals surface area contributed by atoms with Crippen LogP contribution in [0.1, 0.15) is 198 Å². The number of benzene rings is 4. The maximum atomic E-state index is 14.0. The molecule has 4 saturated carbocycles. The molecule has 0 bridgehead atoms. The molecule has 0 radical (unpaired) electrons. The fourth-order valence-corrected chi connectivity index (χ4v) is 15.4. The molecule has 0 aromatic heterocycles. The van der Waals surface area contributed by atoms with Crippen LogP contribution >= 0.6 is 0 Å². The molecule has 0 saturated heterocycles. The smallest absolute Gasteiger partial charge is 0.339 e. The van der Waals surface area contributed by atoms with Crippen LogP contribution in [-0.2, 0) is 0 Å². The molecule has 0 aliphatic heterocycles. The molecule has 4 aromatic rings. The van der Waals surface area contributed by atoms with E-state index in [1.54, 1.807) is 0 Å². The van der Waals surface area contributed by atoms with Gasteiger partial charge in [-0.1, -0.05) is 60.0 Å². The zero-order valence-corrected chi connectivity index (χ0v) is 48.2. The highest BCUT2D eigenvalue weighted by Gasteiger charge is 2.60. The number of fused-ring (bicyclic) bond motifs is 5. The lowest BCUT2D eigenvalue weighted by Crippen LogP contribution is -2.53. The van der Waals surface area contributed by atoms with E-state index in [9.17, 15) is 49.2 Å². The Balaban J connectivity index is 1.13. The Bertz CT molecular complexity index is 2960. The molecule has 4 aromatic carbocycles. The number of carbonyl (C=O) groups is 6. The number of aromatic carboxylic acids is 4. The van der Waals surface area contributed by atoms with E-state index in [1.807, 2.05) is 6.08 Å². The first-order valence-corrected chi connectivity index (χ1v) is 28.6. The second kappa shape index (κ2) is 24.8. The first-order chi connectivity index (χ1) is 38.6. The highest BCUT2D eigenvalue weighted by atomic mass is 16.5. The summed E-state index contributed by atoms with van der Waals surface area (Å²) < 4.78 is 21.6. The molecule has 16 nitrogen and oxygen atoms in total. The topological polar surface area (TPSA) is 244 Å². The molecule has 5 unspecified atom stereocenters. The van der Waals surface area contributed by atoms with Gasteiger partial charge in [0.15, 0.2) is 11.5 Å². The largest absolute Gasteiger partial charge is 0.496 e. The number of carboxylic acid groups (broad SMARTS) is 4. The third kappa shape index (κ3) is 12.2. The van der Waals surface area contributed by atoms with Gasteiger partial charge >= 0.3 is 23.9 Å². The van der Waals surface area contributed by atoms with E-state index in [2.05, 4.69) is 45.3 Å². The van der Waals surface area contributed by atoms with Crippen molar-refractivity contribution >= 4 is 52.6 Å². The molecule has 4 aliphatic rings. The van der Waals surface area contributed by atoms with Crippen molar-refractivity contribution < 1.29 is 68.1 Å². The van der Waals surface area contributed by atoms with Gasteiger partial charge < -0.3 is 50.0 Å². The number of anilines is 2. The molecule has 4 aliphatic carbocycles. The van der Waals surface area contributed by atoms with Gasteiger partial charge in [-0.15, -0.1) is 0 Å². The first-order valence-electron chi connectivity index (χ1n) is 28.6. The highest BCUT2D eigenvalue weighted by molar-refractivity contribution is 6.10. The summed E-state index contributed by atoms with van der Waals surface area (Å²) in [4.78, 5) is 78.6. The lowest BCUT2D eigenvalue weighted by Gasteiger charge is -2.61. The number of amides is 2. The average molecular weight is 1110 g/mol. The Kier molecular flexibility index (Phi) is 18.3. The second-order valence-corrected chi connectivity index (χ2v) is 24.2. The van der Waals surface area contributed by atoms with Gasteiger partial charge in [-0.25, -0.2) is 19.2 Å². The molecule has 6 N–H and O–H groups in total. The number of carbonyl (C=O) groups excluding carboxylic acids is 2. The molecule has 0 heterocycles. The van der Waals surface area contributed by atoms with Crippen molar-refractivity contribution in [3.8, 4) is 23.0 Å². The van der Waals surface area contributed by atoms with Crippen LogP contribution in [0.2, 0.25) is 0 Å². The third-order valence-corrected chi connectivity index (χ3v) is 19.4. The molecule has 0 spiro atoms. The molecule has 4 fully saturated rings. The van der Waals surface area contributed by atoms with Crippen molar-refractivity contribution in [2.45, 2.75) is 125 Å². The van der Waals surface area contributed by atoms with Crippen LogP contribution in [0.15, 0.2) is 66.7 Å². The quantitative estimate of drug-likeness (QED) is 0.0429. The Morgan fingerprint density at radius 1 is 0.580 bits per heavy atom. The predicted molar refractivity (Wildman–Crippen MR) is 309 cm³/mol. The van der Waals surface area contributed by atoms with Gasteiger partial charge in [0, 0.05) is 11.1 Å². The van der Waals surface area contributed by atoms with Crippen molar-refractivity contribution in [3.05, 3.63) is 111 Å². The SMILES string of the molecule is COc1ccc(C(=O)Nc2cc(C(=CCC[C@H]3CC[C@@]4(C)C(CCC5C4CC[C@@]4(C)C5CC[C@@H]4C(C)CCCC(C)C)C3)c3cc(NC(=O)c4ccc(OC)c(C(=O)O)c4)c(OC)c(C(=O)O)c3)cc(C(=O)O)c2OC)cc1C(=O)O. The summed E-state index contributed by atoms with van der Waals surface area (Å²) in [5.74, 6) is -1.90. The van der Waals surface area contributed by atoms with Gasteiger partial charge in [0.25, 0.3) is 11.8 Å². The van der Waals surface area contributed by atoms with Crippen LogP contribution in [0, 0.1) is 58.2 Å². The van der Waals surface area contributed by atoms with E-state index in [-0.39, 0.29) is 84.3 Å². The summed E-state index contributed by atoms with van der Waals surface area (Å²) in [6.45, 7) is 12.4. The van der Waals surface area contributed by atoms with Gasteiger partial charge in [-0.05, 0) is 206 Å². The molecular weight excluding hydrogens is 1030 g/mol. The number of carboxylic acids is 4. The van der Waals surface area contributed by atoms with Crippen molar-refractivity contribution in [2.24, 2.45) is 58.2 Å². The van der Waals surface area contributed by atoms with Crippen LogP contribution in [0.5, 0.6) is 23.0 Å². The number of rotatable bonds is 22. The number of hydrogen-bond donors (Lipinski definition) is 6. The first kappa shape index (κ1) is 59.8. The molecule has 2 amide bonds. The number of allylic oxidation sites excluding steroid dienone is 1. The average Bonchev–Trinajstić information content (AvgIpc) is 4.10. The van der Waals surface area contributed by atoms with Gasteiger partial charge in [0.05, 0.1) is 39.8 Å². The van der Waals surface area contributed by atoms with E-state index in [4.69, 9.17) is 18.9 Å². The summed E-state index contributed by atoms with van der Waals surface area (Å²) in [7, 11) is 5.09. The van der Waals surface area contributed by atoms with Crippen LogP contribution in [-0.4, -0.2) is 84.6 Å². The summed E-state index contributed by atoms with van der Waals surface area (Å²) >= 11 is 0. The number of nitrogens with one attached hydrogen (secondary N) is 2. The van der Waals surface area contributed by atoms with E-state index in [1.165, 1.54) is 135 Å². The minimum Gasteiger partial charge on any atom is -0.496 e. The standard InChI is InChI=1S/C65H80N2O14/c1-35(2)12-10-13-36(3)49-20-21-50-44-19-18-42-28-37(24-26-64(42,4)51(44)25-27-65(49,50)5)14-11-15-43(40-31-47(62(74)75)56(80-8)52(33-40)66-58(68)38-16-22-54(78-6)45(29-38)60(70)71)41-32-48(63(76)77)57(81-9)53(34-41)67-59(69)39-17-23-55(79-7)46(30-39)61(72)73/h15-17,22-23,29-37,42,44,49-51H,10-14,18-21,24-28H2,1-9H3,(H,66,68)(H,67,69)(H,70,71)(H,72,73)(H,74,75)(H,76,77)/t36?,37-,42?,44?,49+,50?,51?,64-,65+/m0/s1. The van der Waals surface area contributed by atoms with E-state index >= 15 is 0 Å². The van der Waals surface area contributed by atoms with Gasteiger partial charge in [-0.3, -0.25) is 9.59 Å². The Labute approximate surface area is 475 Å². The van der Waals surface area contributed by atoms with Crippen LogP contribution in [0.25, 0.3) is 5.57 Å². The van der Waals surface area contributed by atoms with Crippen LogP contribution in [0.3, 0.4) is 0 Å². The van der Waals surface area contributed by atoms with Crippen LogP contribution in [0.4, 0.5) is 11.4 Å². The molecule has 8 rings (SSSR count). The number of ether oxygens (including phenoxy) is 4. The van der Waals surface area contributed by atoms with Crippen molar-refractivity contribution in [1.29, 1.82) is 0 Å². The maximum absolute atomic E-state index is 14.0. The molecule has 16 heteroatoms. The van der Waals surface area contributed by atoms with E-state index < -0.39 is 35.7 Å². The molecular formula is C65H80N2O14. The molecule has 81 heavy (non-hydrogen) atoms. The highest BCUT2D eigenvalue weighted by Crippen LogP contribution is 2.69. The summed E-state index contributed by atoms with van der Waals surface area (Å²) in [6, 6.07) is 13.4. The summed E-state index contributed by atoms with van der Waals surface area (Å²) in [5, 5.41) is 46.7. The summed E-state index contributed by atoms with van der Waals surface area (Å²) in [5.41, 5.74) is -0.0547. The number of methoxy groups -OCH3 is 4. The Morgan fingerprint density at radius 3 is 1.56 bits per heavy atom. The number of hydrogen-bond acceptors (Lipinski definition) is 10. The summed E-state index contributed by atoms with van der Waals surface area (Å²) in [6.07, 6.45) is 18.3. The Morgan fingerprint density at radius 2 is 1.07 bits per heavy atom. The fourth-order valence-electron chi connectivity index (χ4n) is 15.4. The van der Waals surface area contributed by atoms with Gasteiger partial charge in [0.2, 0.25) is 0 Å². The van der Waals surface area contributed by atoms with Gasteiger partial charge in [0.1, 0.15) is 33.8 Å². The third-order valence-electron chi connectivity index (χ3n) is 19.4.